The van der Waals surface area contributed by atoms with E-state index in [1.165, 1.54) is 41.5 Å². The lowest BCUT2D eigenvalue weighted by Gasteiger charge is -2.36. The quantitative estimate of drug-likeness (QED) is 0.404. The van der Waals surface area contributed by atoms with Gasteiger partial charge in [-0.3, -0.25) is 0 Å². The van der Waals surface area contributed by atoms with E-state index in [0.717, 1.165) is 0 Å². The third-order valence-electron chi connectivity index (χ3n) is 9.02. The largest absolute Gasteiger partial charge is 0.0623 e. The van der Waals surface area contributed by atoms with Gasteiger partial charge in [0.15, 0.2) is 0 Å². The molecule has 1 atom stereocenters. The first-order chi connectivity index (χ1) is 15.6. The van der Waals surface area contributed by atoms with Crippen molar-refractivity contribution >= 4 is 0 Å². The van der Waals surface area contributed by atoms with Crippen LogP contribution in [0.4, 0.5) is 0 Å². The highest BCUT2D eigenvalue weighted by atomic mass is 14.5. The number of hydrogen-bond acceptors (Lipinski definition) is 0. The van der Waals surface area contributed by atoms with Crippen molar-refractivity contribution in [1.82, 2.24) is 0 Å². The zero-order valence-corrected chi connectivity index (χ0v) is 23.2. The van der Waals surface area contributed by atoms with E-state index < -0.39 is 0 Å². The van der Waals surface area contributed by atoms with E-state index in [9.17, 15) is 0 Å². The molecule has 1 unspecified atom stereocenters. The monoisotopic (exact) mass is 452 g/mol. The van der Waals surface area contributed by atoms with Crippen molar-refractivity contribution < 1.29 is 0 Å². The Kier molecular flexibility index (Phi) is 5.02. The van der Waals surface area contributed by atoms with Gasteiger partial charge >= 0.3 is 0 Å². The fraction of sp³-hybridized carbons (Fsp3) is 0.529. The second kappa shape index (κ2) is 7.22. The first-order valence-electron chi connectivity index (χ1n) is 13.3. The summed E-state index contributed by atoms with van der Waals surface area (Å²) in [6, 6.07) is 14.8. The minimum absolute atomic E-state index is 0.150. The molecule has 2 aromatic carbocycles. The number of rotatable bonds is 1. The summed E-state index contributed by atoms with van der Waals surface area (Å²) in [6.07, 6.45) is 6.31. The van der Waals surface area contributed by atoms with Crippen LogP contribution in [0.5, 0.6) is 0 Å². The van der Waals surface area contributed by atoms with E-state index in [1.807, 2.05) is 0 Å². The molecule has 0 N–H and O–H groups in total. The van der Waals surface area contributed by atoms with Crippen LogP contribution in [0.2, 0.25) is 0 Å². The average Bonchev–Trinajstić information content (AvgIpc) is 3.37. The summed E-state index contributed by atoms with van der Waals surface area (Å²) in [5.41, 5.74) is 14.6. The lowest BCUT2D eigenvalue weighted by Crippen LogP contribution is -2.25. The smallest absolute Gasteiger partial charge is 0.0196 e. The minimum Gasteiger partial charge on any atom is -0.0623 e. The maximum atomic E-state index is 2.60. The van der Waals surface area contributed by atoms with Crippen LogP contribution in [0.25, 0.3) is 11.1 Å². The Morgan fingerprint density at radius 3 is 1.65 bits per heavy atom. The van der Waals surface area contributed by atoms with Crippen LogP contribution in [-0.2, 0) is 10.8 Å². The highest BCUT2D eigenvalue weighted by molar-refractivity contribution is 5.81. The van der Waals surface area contributed by atoms with Crippen molar-refractivity contribution in [3.63, 3.8) is 0 Å². The standard InChI is InChI=1S/C34H44/c1-31(2,3)22-11-13-25-27(18-22)28-19-23(32(4,5)6)12-14-26(28)30(25)34(10)16-15-21-17-24(20-29(21)34)33(7,8)9/h11-14,18-20,30H,15-17H2,1-10H3. The fourth-order valence-corrected chi connectivity index (χ4v) is 6.64. The average molecular weight is 453 g/mol. The molecule has 0 nitrogen and oxygen atoms in total. The van der Waals surface area contributed by atoms with Crippen LogP contribution < -0.4 is 0 Å². The molecular weight excluding hydrogens is 408 g/mol. The first-order valence-corrected chi connectivity index (χ1v) is 13.3. The predicted molar refractivity (Wildman–Crippen MR) is 148 cm³/mol. The molecule has 2 aromatic rings. The molecule has 0 bridgehead atoms. The van der Waals surface area contributed by atoms with Crippen LogP contribution in [0.15, 0.2) is 59.2 Å². The summed E-state index contributed by atoms with van der Waals surface area (Å²) < 4.78 is 0. The molecular formula is C34H44. The highest BCUT2D eigenvalue weighted by Crippen LogP contribution is 2.63. The molecule has 0 spiro atoms. The zero-order chi connectivity index (χ0) is 24.8. The van der Waals surface area contributed by atoms with Gasteiger partial charge in [-0.05, 0) is 74.5 Å². The van der Waals surface area contributed by atoms with E-state index in [0.29, 0.717) is 5.92 Å². The van der Waals surface area contributed by atoms with Crippen molar-refractivity contribution in [2.24, 2.45) is 10.8 Å². The van der Waals surface area contributed by atoms with Gasteiger partial charge in [0, 0.05) is 11.3 Å². The number of fused-ring (bicyclic) bond motifs is 3. The van der Waals surface area contributed by atoms with Gasteiger partial charge < -0.3 is 0 Å². The van der Waals surface area contributed by atoms with Gasteiger partial charge in [-0.1, -0.05) is 123 Å². The van der Waals surface area contributed by atoms with Gasteiger partial charge in [0.25, 0.3) is 0 Å². The van der Waals surface area contributed by atoms with E-state index in [4.69, 9.17) is 0 Å². The Hall–Kier alpha value is -2.08. The molecule has 34 heavy (non-hydrogen) atoms. The summed E-state index contributed by atoms with van der Waals surface area (Å²) >= 11 is 0. The Morgan fingerprint density at radius 2 is 1.21 bits per heavy atom. The molecule has 0 heteroatoms. The molecule has 0 fully saturated rings. The Labute approximate surface area is 208 Å². The summed E-state index contributed by atoms with van der Waals surface area (Å²) in [4.78, 5) is 0. The van der Waals surface area contributed by atoms with Gasteiger partial charge in [0.2, 0.25) is 0 Å². The van der Waals surface area contributed by atoms with E-state index in [2.05, 4.69) is 112 Å². The Balaban J connectivity index is 1.71. The lowest BCUT2D eigenvalue weighted by atomic mass is 9.67. The number of allylic oxidation sites excluding steroid dienone is 4. The second-order valence-corrected chi connectivity index (χ2v) is 14.6. The Bertz CT molecular complexity index is 1160. The molecule has 0 heterocycles. The van der Waals surface area contributed by atoms with Gasteiger partial charge in [0.05, 0.1) is 0 Å². The van der Waals surface area contributed by atoms with Crippen LogP contribution in [0.3, 0.4) is 0 Å². The highest BCUT2D eigenvalue weighted by Gasteiger charge is 2.49. The van der Waals surface area contributed by atoms with E-state index in [-0.39, 0.29) is 21.7 Å². The predicted octanol–water partition coefficient (Wildman–Crippen LogP) is 9.87. The van der Waals surface area contributed by atoms with Crippen molar-refractivity contribution in [3.05, 3.63) is 81.4 Å². The molecule has 3 aliphatic rings. The molecule has 0 amide bonds. The van der Waals surface area contributed by atoms with Crippen LogP contribution in [-0.4, -0.2) is 0 Å². The lowest BCUT2D eigenvalue weighted by molar-refractivity contribution is 0.353. The molecule has 5 rings (SSSR count). The van der Waals surface area contributed by atoms with Crippen LogP contribution >= 0.6 is 0 Å². The van der Waals surface area contributed by atoms with Crippen molar-refractivity contribution in [3.8, 4) is 11.1 Å². The minimum atomic E-state index is 0.150. The van der Waals surface area contributed by atoms with Gasteiger partial charge in [-0.25, -0.2) is 0 Å². The van der Waals surface area contributed by atoms with Crippen molar-refractivity contribution in [2.75, 3.05) is 0 Å². The van der Waals surface area contributed by atoms with Crippen LogP contribution in [0.1, 0.15) is 117 Å². The fourth-order valence-electron chi connectivity index (χ4n) is 6.64. The number of benzene rings is 2. The SMILES string of the molecule is CC(C)(C)C1=CC2=C(CCC2(C)C2c3ccc(C(C)(C)C)cc3-c3cc(C(C)(C)C)ccc32)C1. The third-order valence-corrected chi connectivity index (χ3v) is 9.02. The maximum absolute atomic E-state index is 2.60. The maximum Gasteiger partial charge on any atom is 0.0196 e. The molecule has 0 saturated heterocycles. The normalized spacial score (nSPS) is 22.7. The molecule has 3 aliphatic carbocycles. The summed E-state index contributed by atoms with van der Waals surface area (Å²) in [6.45, 7) is 23.7. The number of hydrogen-bond donors (Lipinski definition) is 0. The molecule has 0 saturated carbocycles. The zero-order valence-electron chi connectivity index (χ0n) is 23.2. The van der Waals surface area contributed by atoms with Gasteiger partial charge in [0.1, 0.15) is 0 Å². The summed E-state index contributed by atoms with van der Waals surface area (Å²) in [5, 5.41) is 0. The van der Waals surface area contributed by atoms with E-state index >= 15 is 0 Å². The van der Waals surface area contributed by atoms with Gasteiger partial charge in [-0.2, -0.15) is 0 Å². The van der Waals surface area contributed by atoms with Crippen molar-refractivity contribution in [2.45, 2.75) is 105 Å². The molecule has 180 valence electrons. The molecule has 0 aromatic heterocycles. The molecule has 0 aliphatic heterocycles. The first kappa shape index (κ1) is 23.7. The third kappa shape index (κ3) is 3.55. The molecule has 0 radical (unpaired) electrons. The Morgan fingerprint density at radius 1 is 0.706 bits per heavy atom. The summed E-state index contributed by atoms with van der Waals surface area (Å²) in [5.74, 6) is 0.434. The topological polar surface area (TPSA) is 0 Å². The van der Waals surface area contributed by atoms with Gasteiger partial charge in [-0.15, -0.1) is 0 Å². The summed E-state index contributed by atoms with van der Waals surface area (Å²) in [7, 11) is 0. The second-order valence-electron chi connectivity index (χ2n) is 14.6. The van der Waals surface area contributed by atoms with E-state index in [1.54, 1.807) is 27.8 Å². The van der Waals surface area contributed by atoms with Crippen molar-refractivity contribution in [1.29, 1.82) is 0 Å². The van der Waals surface area contributed by atoms with Crippen LogP contribution in [0, 0.1) is 10.8 Å².